The van der Waals surface area contributed by atoms with E-state index in [1.165, 1.54) is 18.6 Å². The topological polar surface area (TPSA) is 60.8 Å². The molecule has 1 saturated carbocycles. The van der Waals surface area contributed by atoms with Crippen LogP contribution in [-0.2, 0) is 0 Å². The quantitative estimate of drug-likeness (QED) is 0.737. The second-order valence-electron chi connectivity index (χ2n) is 5.10. The average Bonchev–Trinajstić information content (AvgIpc) is 2.34. The van der Waals surface area contributed by atoms with Gasteiger partial charge < -0.3 is 10.2 Å². The van der Waals surface area contributed by atoms with Crippen molar-refractivity contribution in [3.8, 4) is 5.75 Å². The Bertz CT molecular complexity index is 412. The standard InChI is InChI=1S/C15H21NO3/c17-10-2-9-16(13-3-1-4-13)11-15(19)12-5-7-14(18)8-6-12/h5-8,13,17-18H,1-4,9-11H2. The summed E-state index contributed by atoms with van der Waals surface area (Å²) in [4.78, 5) is 14.4. The van der Waals surface area contributed by atoms with E-state index in [1.807, 2.05) is 0 Å². The zero-order valence-electron chi connectivity index (χ0n) is 11.1. The fourth-order valence-electron chi connectivity index (χ4n) is 2.34. The van der Waals surface area contributed by atoms with Crippen LogP contribution >= 0.6 is 0 Å². The van der Waals surface area contributed by atoms with Crippen LogP contribution in [0.4, 0.5) is 0 Å². The Morgan fingerprint density at radius 1 is 1.26 bits per heavy atom. The first-order chi connectivity index (χ1) is 9.20. The number of phenols is 1. The maximum atomic E-state index is 12.2. The highest BCUT2D eigenvalue weighted by Crippen LogP contribution is 2.25. The number of aromatic hydroxyl groups is 1. The lowest BCUT2D eigenvalue weighted by molar-refractivity contribution is 0.0788. The SMILES string of the molecule is O=C(CN(CCCO)C1CCC1)c1ccc(O)cc1. The number of aliphatic hydroxyl groups excluding tert-OH is 1. The second kappa shape index (κ2) is 6.68. The van der Waals surface area contributed by atoms with Crippen LogP contribution in [0.2, 0.25) is 0 Å². The van der Waals surface area contributed by atoms with Gasteiger partial charge >= 0.3 is 0 Å². The van der Waals surface area contributed by atoms with E-state index in [-0.39, 0.29) is 18.1 Å². The van der Waals surface area contributed by atoms with Crippen molar-refractivity contribution >= 4 is 5.78 Å². The van der Waals surface area contributed by atoms with Crippen molar-refractivity contribution in [2.45, 2.75) is 31.7 Å². The molecule has 1 aromatic carbocycles. The molecule has 0 spiro atoms. The van der Waals surface area contributed by atoms with Crippen LogP contribution in [0.3, 0.4) is 0 Å². The summed E-state index contributed by atoms with van der Waals surface area (Å²) in [5.41, 5.74) is 0.631. The van der Waals surface area contributed by atoms with E-state index in [1.54, 1.807) is 12.1 Å². The molecule has 1 aliphatic carbocycles. The van der Waals surface area contributed by atoms with Crippen molar-refractivity contribution in [3.05, 3.63) is 29.8 Å². The lowest BCUT2D eigenvalue weighted by Gasteiger charge is -2.37. The molecule has 1 aromatic rings. The van der Waals surface area contributed by atoms with Crippen molar-refractivity contribution in [1.82, 2.24) is 4.90 Å². The Labute approximate surface area is 113 Å². The summed E-state index contributed by atoms with van der Waals surface area (Å²) in [6.45, 7) is 1.33. The Morgan fingerprint density at radius 2 is 1.95 bits per heavy atom. The van der Waals surface area contributed by atoms with E-state index < -0.39 is 0 Å². The van der Waals surface area contributed by atoms with E-state index in [2.05, 4.69) is 4.90 Å². The minimum absolute atomic E-state index is 0.0739. The molecule has 0 radical (unpaired) electrons. The molecule has 0 unspecified atom stereocenters. The maximum Gasteiger partial charge on any atom is 0.176 e. The normalized spacial score (nSPS) is 15.5. The van der Waals surface area contributed by atoms with Crippen molar-refractivity contribution in [3.63, 3.8) is 0 Å². The zero-order valence-corrected chi connectivity index (χ0v) is 11.1. The number of carbonyl (C=O) groups excluding carboxylic acids is 1. The van der Waals surface area contributed by atoms with Gasteiger partial charge in [-0.3, -0.25) is 9.69 Å². The third kappa shape index (κ3) is 3.78. The number of hydrogen-bond acceptors (Lipinski definition) is 4. The number of phenolic OH excluding ortho intramolecular Hbond substituents is 1. The molecule has 0 aromatic heterocycles. The summed E-state index contributed by atoms with van der Waals surface area (Å²) < 4.78 is 0. The van der Waals surface area contributed by atoms with Crippen LogP contribution in [0.25, 0.3) is 0 Å². The molecule has 4 nitrogen and oxygen atoms in total. The van der Waals surface area contributed by atoms with Crippen LogP contribution in [0, 0.1) is 0 Å². The molecule has 19 heavy (non-hydrogen) atoms. The highest BCUT2D eigenvalue weighted by atomic mass is 16.3. The Morgan fingerprint density at radius 3 is 2.47 bits per heavy atom. The molecule has 0 aliphatic heterocycles. The van der Waals surface area contributed by atoms with E-state index in [0.29, 0.717) is 24.6 Å². The van der Waals surface area contributed by atoms with Crippen molar-refractivity contribution < 1.29 is 15.0 Å². The molecule has 0 atom stereocenters. The molecule has 2 N–H and O–H groups in total. The number of Topliss-reactive ketones (excluding diaryl/α,β-unsaturated/α-hetero) is 1. The lowest BCUT2D eigenvalue weighted by atomic mass is 9.91. The van der Waals surface area contributed by atoms with Crippen molar-refractivity contribution in [2.75, 3.05) is 19.7 Å². The summed E-state index contributed by atoms with van der Waals surface area (Å²) in [6.07, 6.45) is 4.23. The smallest absolute Gasteiger partial charge is 0.176 e. The van der Waals surface area contributed by atoms with E-state index >= 15 is 0 Å². The first kappa shape index (κ1) is 14.0. The second-order valence-corrected chi connectivity index (χ2v) is 5.10. The Hall–Kier alpha value is -1.39. The Kier molecular flexibility index (Phi) is 4.93. The lowest BCUT2D eigenvalue weighted by Crippen LogP contribution is -2.43. The van der Waals surface area contributed by atoms with Crippen molar-refractivity contribution in [2.24, 2.45) is 0 Å². The molecule has 0 amide bonds. The summed E-state index contributed by atoms with van der Waals surface area (Å²) in [5, 5.41) is 18.2. The number of aliphatic hydroxyl groups is 1. The predicted octanol–water partition coefficient (Wildman–Crippen LogP) is 1.81. The van der Waals surface area contributed by atoms with Gasteiger partial charge in [0, 0.05) is 24.8 Å². The summed E-state index contributed by atoms with van der Waals surface area (Å²) in [6, 6.07) is 6.88. The largest absolute Gasteiger partial charge is 0.508 e. The summed E-state index contributed by atoms with van der Waals surface area (Å²) in [5.74, 6) is 0.248. The first-order valence-corrected chi connectivity index (χ1v) is 6.88. The van der Waals surface area contributed by atoms with Crippen LogP contribution in [0.5, 0.6) is 5.75 Å². The molecular formula is C15H21NO3. The van der Waals surface area contributed by atoms with Crippen LogP contribution < -0.4 is 0 Å². The van der Waals surface area contributed by atoms with Crippen LogP contribution in [0.15, 0.2) is 24.3 Å². The average molecular weight is 263 g/mol. The first-order valence-electron chi connectivity index (χ1n) is 6.88. The summed E-state index contributed by atoms with van der Waals surface area (Å²) >= 11 is 0. The number of hydrogen-bond donors (Lipinski definition) is 2. The minimum atomic E-state index is 0.0739. The zero-order chi connectivity index (χ0) is 13.7. The molecule has 2 rings (SSSR count). The van der Waals surface area contributed by atoms with Gasteiger partial charge in [-0.15, -0.1) is 0 Å². The fourth-order valence-corrected chi connectivity index (χ4v) is 2.34. The maximum absolute atomic E-state index is 12.2. The van der Waals surface area contributed by atoms with E-state index in [0.717, 1.165) is 19.4 Å². The Balaban J connectivity index is 1.95. The minimum Gasteiger partial charge on any atom is -0.508 e. The number of rotatable bonds is 7. The highest BCUT2D eigenvalue weighted by molar-refractivity contribution is 5.97. The van der Waals surface area contributed by atoms with Crippen LogP contribution in [0.1, 0.15) is 36.0 Å². The van der Waals surface area contributed by atoms with Gasteiger partial charge in [-0.05, 0) is 43.5 Å². The monoisotopic (exact) mass is 263 g/mol. The van der Waals surface area contributed by atoms with E-state index in [4.69, 9.17) is 5.11 Å². The van der Waals surface area contributed by atoms with Crippen LogP contribution in [-0.4, -0.2) is 46.6 Å². The fraction of sp³-hybridized carbons (Fsp3) is 0.533. The molecule has 104 valence electrons. The van der Waals surface area contributed by atoms with Crippen molar-refractivity contribution in [1.29, 1.82) is 0 Å². The highest BCUT2D eigenvalue weighted by Gasteiger charge is 2.26. The van der Waals surface area contributed by atoms with Gasteiger partial charge in [-0.2, -0.15) is 0 Å². The van der Waals surface area contributed by atoms with Gasteiger partial charge in [0.15, 0.2) is 5.78 Å². The van der Waals surface area contributed by atoms with Gasteiger partial charge in [0.05, 0.1) is 6.54 Å². The predicted molar refractivity (Wildman–Crippen MR) is 73.4 cm³/mol. The molecule has 1 aliphatic rings. The number of carbonyl (C=O) groups is 1. The third-order valence-corrected chi connectivity index (χ3v) is 3.73. The third-order valence-electron chi connectivity index (χ3n) is 3.73. The number of nitrogens with zero attached hydrogens (tertiary/aromatic N) is 1. The molecule has 0 bridgehead atoms. The molecule has 0 heterocycles. The number of ketones is 1. The van der Waals surface area contributed by atoms with Gasteiger partial charge in [-0.1, -0.05) is 6.42 Å². The van der Waals surface area contributed by atoms with E-state index in [9.17, 15) is 9.90 Å². The number of benzene rings is 1. The van der Waals surface area contributed by atoms with Gasteiger partial charge in [-0.25, -0.2) is 0 Å². The molecular weight excluding hydrogens is 242 g/mol. The molecule has 0 saturated heterocycles. The van der Waals surface area contributed by atoms with Gasteiger partial charge in [0.1, 0.15) is 5.75 Å². The molecule has 1 fully saturated rings. The van der Waals surface area contributed by atoms with Gasteiger partial charge in [0.25, 0.3) is 0 Å². The molecule has 4 heteroatoms. The summed E-state index contributed by atoms with van der Waals surface area (Å²) in [7, 11) is 0. The van der Waals surface area contributed by atoms with Gasteiger partial charge in [0.2, 0.25) is 0 Å².